The number of carbonyl (C=O) groups excluding carboxylic acids is 4. The summed E-state index contributed by atoms with van der Waals surface area (Å²) in [6.45, 7) is 9.22. The zero-order valence-corrected chi connectivity index (χ0v) is 31.2. The first kappa shape index (κ1) is 37.5. The Hall–Kier alpha value is -4.23. The SMILES string of the molecule is C=CC1C[C@]1(NC(=O)[C@@H]1C[C@@](OC)(c2ccc(-c3ccccc3)cc2)CN1C(=O)[C@@H](NC(=O)OC1CCCC1)C(C)(C)C)C(=O)NS(=O)(=O)C1CC1. The number of hydrogen-bond donors (Lipinski definition) is 3. The molecule has 2 aromatic carbocycles. The number of ether oxygens (including phenoxy) is 2. The molecule has 1 heterocycles. The Morgan fingerprint density at radius 2 is 1.58 bits per heavy atom. The molecule has 1 saturated heterocycles. The highest BCUT2D eigenvalue weighted by Crippen LogP contribution is 2.47. The number of likely N-dealkylation sites (tertiary alicyclic amines) is 1. The topological polar surface area (TPSA) is 160 Å². The Kier molecular flexibility index (Phi) is 10.3. The summed E-state index contributed by atoms with van der Waals surface area (Å²) in [4.78, 5) is 57.3. The lowest BCUT2D eigenvalue weighted by molar-refractivity contribution is -0.143. The Morgan fingerprint density at radius 1 is 0.942 bits per heavy atom. The second-order valence-corrected chi connectivity index (χ2v) is 17.7. The molecule has 0 aromatic heterocycles. The summed E-state index contributed by atoms with van der Waals surface area (Å²) >= 11 is 0. The number of amides is 4. The van der Waals surface area contributed by atoms with E-state index in [9.17, 15) is 27.6 Å². The van der Waals surface area contributed by atoms with Crippen molar-refractivity contribution in [2.45, 2.75) is 107 Å². The molecule has 1 aliphatic heterocycles. The highest BCUT2D eigenvalue weighted by Gasteiger charge is 2.62. The van der Waals surface area contributed by atoms with Crippen LogP contribution in [0.25, 0.3) is 11.1 Å². The molecular weight excluding hydrogens is 685 g/mol. The molecule has 3 aliphatic carbocycles. The molecule has 3 saturated carbocycles. The van der Waals surface area contributed by atoms with Gasteiger partial charge in [0, 0.05) is 19.4 Å². The van der Waals surface area contributed by atoms with Gasteiger partial charge in [-0.25, -0.2) is 13.2 Å². The van der Waals surface area contributed by atoms with Crippen LogP contribution in [0.4, 0.5) is 4.79 Å². The van der Waals surface area contributed by atoms with E-state index in [0.717, 1.165) is 42.4 Å². The number of nitrogens with zero attached hydrogens (tertiary/aromatic N) is 1. The van der Waals surface area contributed by atoms with Crippen LogP contribution in [-0.2, 0) is 39.5 Å². The monoisotopic (exact) mass is 734 g/mol. The van der Waals surface area contributed by atoms with E-state index >= 15 is 0 Å². The standard InChI is InChI=1S/C39H50N4O8S/c1-6-27-22-39(27,35(46)42-52(48,49)30-20-21-30)41-33(44)31-23-38(50-5,28-18-16-26(17-19-28)25-12-8-7-9-13-25)24-43(31)34(45)32(37(2,3)4)40-36(47)51-29-14-10-11-15-29/h6-9,12-13,16-19,27,29-32H,1,10-11,14-15,20-24H2,2-5H3,(H,40,47)(H,41,44)(H,42,46)/t27?,31-,32+,38-,39+/m0/s1. The molecule has 6 rings (SSSR count). The fraction of sp³-hybridized carbons (Fsp3) is 0.538. The number of benzene rings is 2. The van der Waals surface area contributed by atoms with Crippen molar-refractivity contribution in [1.29, 1.82) is 0 Å². The number of nitrogens with one attached hydrogen (secondary N) is 3. The van der Waals surface area contributed by atoms with Gasteiger partial charge in [-0.3, -0.25) is 19.1 Å². The van der Waals surface area contributed by atoms with Crippen LogP contribution in [0.2, 0.25) is 0 Å². The number of alkyl carbamates (subject to hydrolysis) is 1. The molecule has 3 N–H and O–H groups in total. The van der Waals surface area contributed by atoms with Gasteiger partial charge in [0.15, 0.2) is 0 Å². The van der Waals surface area contributed by atoms with Crippen molar-refractivity contribution in [1.82, 2.24) is 20.3 Å². The maximum absolute atomic E-state index is 14.7. The average Bonchev–Trinajstić information content (AvgIpc) is 4.00. The number of rotatable bonds is 12. The van der Waals surface area contributed by atoms with Gasteiger partial charge in [0.2, 0.25) is 21.8 Å². The van der Waals surface area contributed by atoms with Gasteiger partial charge in [0.05, 0.1) is 11.8 Å². The summed E-state index contributed by atoms with van der Waals surface area (Å²) in [5.41, 5.74) is -0.721. The van der Waals surface area contributed by atoms with Crippen molar-refractivity contribution in [2.24, 2.45) is 11.3 Å². The lowest BCUT2D eigenvalue weighted by Crippen LogP contribution is -2.60. The Balaban J connectivity index is 1.31. The Bertz CT molecular complexity index is 1800. The molecule has 280 valence electrons. The van der Waals surface area contributed by atoms with Crippen molar-refractivity contribution in [2.75, 3.05) is 13.7 Å². The predicted molar refractivity (Wildman–Crippen MR) is 195 cm³/mol. The van der Waals surface area contributed by atoms with Crippen LogP contribution in [-0.4, -0.2) is 79.8 Å². The summed E-state index contributed by atoms with van der Waals surface area (Å²) < 4.78 is 39.5. The number of hydrogen-bond acceptors (Lipinski definition) is 8. The normalized spacial score (nSPS) is 26.7. The van der Waals surface area contributed by atoms with Gasteiger partial charge in [0.25, 0.3) is 5.91 Å². The maximum Gasteiger partial charge on any atom is 0.408 e. The van der Waals surface area contributed by atoms with Crippen molar-refractivity contribution >= 4 is 33.8 Å². The van der Waals surface area contributed by atoms with E-state index in [1.165, 1.54) is 18.1 Å². The van der Waals surface area contributed by atoms with Gasteiger partial charge in [-0.2, -0.15) is 0 Å². The van der Waals surface area contributed by atoms with Gasteiger partial charge in [-0.1, -0.05) is 81.4 Å². The molecule has 4 amide bonds. The quantitative estimate of drug-likeness (QED) is 0.268. The minimum Gasteiger partial charge on any atom is -0.446 e. The van der Waals surface area contributed by atoms with E-state index in [2.05, 4.69) is 21.9 Å². The number of methoxy groups -OCH3 is 1. The molecule has 0 spiro atoms. The van der Waals surface area contributed by atoms with E-state index in [4.69, 9.17) is 9.47 Å². The summed E-state index contributed by atoms with van der Waals surface area (Å²) in [5, 5.41) is 5.00. The van der Waals surface area contributed by atoms with Crippen molar-refractivity contribution in [3.8, 4) is 11.1 Å². The van der Waals surface area contributed by atoms with Gasteiger partial charge in [-0.15, -0.1) is 6.58 Å². The maximum atomic E-state index is 14.7. The number of sulfonamides is 1. The first-order chi connectivity index (χ1) is 24.6. The number of carbonyl (C=O) groups is 4. The first-order valence-electron chi connectivity index (χ1n) is 18.1. The van der Waals surface area contributed by atoms with Crippen LogP contribution in [0.3, 0.4) is 0 Å². The molecule has 12 nitrogen and oxygen atoms in total. The molecule has 4 fully saturated rings. The summed E-state index contributed by atoms with van der Waals surface area (Å²) in [6.07, 6.45) is 5.18. The van der Waals surface area contributed by atoms with Crippen LogP contribution in [0.5, 0.6) is 0 Å². The van der Waals surface area contributed by atoms with Crippen LogP contribution in [0, 0.1) is 11.3 Å². The molecule has 0 radical (unpaired) electrons. The zero-order chi connectivity index (χ0) is 37.5. The third-order valence-corrected chi connectivity index (χ3v) is 12.8. The minimum absolute atomic E-state index is 0.0306. The summed E-state index contributed by atoms with van der Waals surface area (Å²) in [6, 6.07) is 15.4. The Morgan fingerprint density at radius 3 is 2.13 bits per heavy atom. The summed E-state index contributed by atoms with van der Waals surface area (Å²) in [7, 11) is -2.37. The third kappa shape index (κ3) is 7.61. The minimum atomic E-state index is -3.89. The van der Waals surface area contributed by atoms with Gasteiger partial charge in [-0.05, 0) is 67.1 Å². The second kappa shape index (κ2) is 14.3. The van der Waals surface area contributed by atoms with Crippen LogP contribution in [0.15, 0.2) is 67.3 Å². The third-order valence-electron chi connectivity index (χ3n) is 11.0. The highest BCUT2D eigenvalue weighted by molar-refractivity contribution is 7.91. The first-order valence-corrected chi connectivity index (χ1v) is 19.7. The largest absolute Gasteiger partial charge is 0.446 e. The van der Waals surface area contributed by atoms with E-state index in [0.29, 0.717) is 12.8 Å². The molecule has 1 unspecified atom stereocenters. The van der Waals surface area contributed by atoms with Gasteiger partial charge < -0.3 is 25.0 Å². The molecule has 2 aromatic rings. The molecule has 13 heteroatoms. The van der Waals surface area contributed by atoms with Gasteiger partial charge >= 0.3 is 6.09 Å². The molecule has 52 heavy (non-hydrogen) atoms. The lowest BCUT2D eigenvalue weighted by Gasteiger charge is -2.36. The van der Waals surface area contributed by atoms with E-state index in [1.807, 2.05) is 75.4 Å². The van der Waals surface area contributed by atoms with Gasteiger partial charge in [0.1, 0.15) is 29.3 Å². The average molecular weight is 735 g/mol. The smallest absolute Gasteiger partial charge is 0.408 e. The van der Waals surface area contributed by atoms with Crippen LogP contribution in [0.1, 0.15) is 77.7 Å². The second-order valence-electron chi connectivity index (χ2n) is 15.8. The van der Waals surface area contributed by atoms with E-state index in [1.54, 1.807) is 0 Å². The zero-order valence-electron chi connectivity index (χ0n) is 30.4. The fourth-order valence-electron chi connectivity index (χ4n) is 7.55. The predicted octanol–water partition coefficient (Wildman–Crippen LogP) is 4.55. The highest BCUT2D eigenvalue weighted by atomic mass is 32.2. The van der Waals surface area contributed by atoms with Crippen LogP contribution >= 0.6 is 0 Å². The molecule has 0 bridgehead atoms. The van der Waals surface area contributed by atoms with Crippen molar-refractivity contribution in [3.05, 3.63) is 72.8 Å². The van der Waals surface area contributed by atoms with Crippen LogP contribution < -0.4 is 15.4 Å². The van der Waals surface area contributed by atoms with E-state index in [-0.39, 0.29) is 25.5 Å². The van der Waals surface area contributed by atoms with Crippen molar-refractivity contribution in [3.63, 3.8) is 0 Å². The lowest BCUT2D eigenvalue weighted by atomic mass is 9.85. The Labute approximate surface area is 306 Å². The van der Waals surface area contributed by atoms with Crippen molar-refractivity contribution < 1.29 is 37.1 Å². The molecular formula is C39H50N4O8S. The van der Waals surface area contributed by atoms with E-state index < -0.39 is 73.6 Å². The molecule has 4 aliphatic rings. The molecule has 5 atom stereocenters. The summed E-state index contributed by atoms with van der Waals surface area (Å²) in [5.74, 6) is -2.49. The fourth-order valence-corrected chi connectivity index (χ4v) is 8.92.